The third-order valence-corrected chi connectivity index (χ3v) is 39.7. The molecule has 0 aromatic carbocycles. The van der Waals surface area contributed by atoms with Gasteiger partial charge >= 0.3 is 34.2 Å². The molecule has 0 fully saturated rings. The van der Waals surface area contributed by atoms with Crippen molar-refractivity contribution >= 4 is 67.5 Å². The van der Waals surface area contributed by atoms with E-state index >= 15 is 0 Å². The van der Waals surface area contributed by atoms with Gasteiger partial charge in [0.1, 0.15) is 5.60 Å². The summed E-state index contributed by atoms with van der Waals surface area (Å²) in [6, 6.07) is 4.23. The fourth-order valence-corrected chi connectivity index (χ4v) is 46.5. The second-order valence-electron chi connectivity index (χ2n) is 19.4. The predicted octanol–water partition coefficient (Wildman–Crippen LogP) is 10.2. The highest BCUT2D eigenvalue weighted by molar-refractivity contribution is 6.90. The summed E-state index contributed by atoms with van der Waals surface area (Å²) in [5, 5.41) is 20.4. The minimum absolute atomic E-state index is 0.140. The number of ether oxygens (including phenoxy) is 2. The topological polar surface area (TPSA) is 114 Å². The van der Waals surface area contributed by atoms with Crippen molar-refractivity contribution in [3.05, 3.63) is 0 Å². The quantitative estimate of drug-likeness (QED) is 0.0500. The van der Waals surface area contributed by atoms with Crippen LogP contribution in [-0.4, -0.2) is 116 Å². The highest BCUT2D eigenvalue weighted by Gasteiger charge is 2.44. The maximum atomic E-state index is 10.2. The maximum Gasteiger partial charge on any atom is 0.312 e. The van der Waals surface area contributed by atoms with E-state index in [9.17, 15) is 10.2 Å². The number of aliphatic hydroxyl groups is 2. The lowest BCUT2D eigenvalue weighted by Crippen LogP contribution is -2.56. The lowest BCUT2D eigenvalue weighted by molar-refractivity contribution is -0.146. The molecule has 0 radical (unpaired) electrons. The standard InChI is InChI=1S/C35H88O10Si8/c1-19-21-28-46(3,4)40-50(11,12)44-52(15,16)42-48(7,8)30-24-23-27-39-35(32-36,33-37)34-38-26-25-31-49(9,10)43-53(17,18)45-51(13,14)41-47(5,6)29-22-20-2/h36-37H,19-34H2,1-18H3. The molecule has 0 saturated carbocycles. The third-order valence-electron chi connectivity index (χ3n) is 8.93. The van der Waals surface area contributed by atoms with Crippen LogP contribution >= 0.6 is 0 Å². The number of hydrogen-bond donors (Lipinski definition) is 2. The molecular formula is C35H88O10Si8. The van der Waals surface area contributed by atoms with Crippen LogP contribution in [0.2, 0.25) is 129 Å². The van der Waals surface area contributed by atoms with E-state index in [1.807, 2.05) is 0 Å². The third kappa shape index (κ3) is 26.1. The monoisotopic (exact) mass is 892 g/mol. The van der Waals surface area contributed by atoms with Gasteiger partial charge in [-0.3, -0.25) is 0 Å². The number of hydrogen-bond acceptors (Lipinski definition) is 10. The second-order valence-corrected chi connectivity index (χ2v) is 51.6. The molecule has 0 atom stereocenters. The van der Waals surface area contributed by atoms with E-state index in [2.05, 4.69) is 119 Å². The van der Waals surface area contributed by atoms with Crippen molar-refractivity contribution in [3.8, 4) is 0 Å². The summed E-state index contributed by atoms with van der Waals surface area (Å²) in [5.41, 5.74) is -1.12. The SMILES string of the molecule is CCCC[Si](C)(C)O[Si](C)(C)O[Si](C)(C)O[Si](C)(C)CCCCOC(CO)(CO)COCCC[Si](C)(C)O[Si](C)(C)O[Si](C)(C)O[Si](C)(C)CCCC. The van der Waals surface area contributed by atoms with Gasteiger partial charge in [-0.05, 0) is 142 Å². The molecule has 0 aliphatic rings. The van der Waals surface area contributed by atoms with Crippen molar-refractivity contribution in [2.24, 2.45) is 0 Å². The number of aliphatic hydroxyl groups excluding tert-OH is 2. The summed E-state index contributed by atoms with van der Waals surface area (Å²) in [6.07, 6.45) is 7.37. The fourth-order valence-electron chi connectivity index (χ4n) is 7.41. The van der Waals surface area contributed by atoms with Crippen molar-refractivity contribution in [1.29, 1.82) is 0 Å². The molecule has 0 amide bonds. The highest BCUT2D eigenvalue weighted by Crippen LogP contribution is 2.30. The molecule has 0 aliphatic carbocycles. The first-order valence-corrected chi connectivity index (χ1v) is 44.3. The van der Waals surface area contributed by atoms with Gasteiger partial charge in [0.25, 0.3) is 0 Å². The minimum Gasteiger partial charge on any atom is -0.436 e. The van der Waals surface area contributed by atoms with Crippen LogP contribution < -0.4 is 0 Å². The van der Waals surface area contributed by atoms with Gasteiger partial charge in [0, 0.05) is 13.2 Å². The number of unbranched alkanes of at least 4 members (excludes halogenated alkanes) is 3. The summed E-state index contributed by atoms with van der Waals surface area (Å²) in [4.78, 5) is 0. The zero-order valence-corrected chi connectivity index (χ0v) is 46.0. The molecule has 10 nitrogen and oxygen atoms in total. The average molecular weight is 894 g/mol. The molecule has 0 unspecified atom stereocenters. The zero-order chi connectivity index (χ0) is 41.5. The Kier molecular flexibility index (Phi) is 23.8. The molecule has 0 spiro atoms. The summed E-state index contributed by atoms with van der Waals surface area (Å²) >= 11 is 0. The van der Waals surface area contributed by atoms with Gasteiger partial charge in [-0.2, -0.15) is 0 Å². The average Bonchev–Trinajstić information content (AvgIpc) is 2.93. The van der Waals surface area contributed by atoms with Gasteiger partial charge in [-0.1, -0.05) is 46.0 Å². The van der Waals surface area contributed by atoms with Crippen molar-refractivity contribution < 1.29 is 44.4 Å². The Morgan fingerprint density at radius 3 is 1.04 bits per heavy atom. The summed E-state index contributed by atoms with van der Waals surface area (Å²) in [5.74, 6) is 0. The molecule has 0 saturated heterocycles. The van der Waals surface area contributed by atoms with E-state index in [1.54, 1.807) is 0 Å². The molecule has 0 heterocycles. The molecule has 18 heteroatoms. The van der Waals surface area contributed by atoms with E-state index in [0.717, 1.165) is 43.4 Å². The minimum atomic E-state index is -2.40. The molecule has 53 heavy (non-hydrogen) atoms. The van der Waals surface area contributed by atoms with Crippen LogP contribution in [-0.2, 0) is 34.2 Å². The Labute approximate surface area is 336 Å². The molecule has 0 rings (SSSR count). The van der Waals surface area contributed by atoms with Gasteiger partial charge in [-0.25, -0.2) is 0 Å². The largest absolute Gasteiger partial charge is 0.436 e. The van der Waals surface area contributed by atoms with E-state index in [0.29, 0.717) is 13.2 Å². The second kappa shape index (κ2) is 23.2. The normalized spacial score (nSPS) is 14.7. The first kappa shape index (κ1) is 54.3. The molecule has 0 aliphatic heterocycles. The molecular weight excluding hydrogens is 805 g/mol. The lowest BCUT2D eigenvalue weighted by atomic mass is 10.1. The van der Waals surface area contributed by atoms with E-state index in [1.165, 1.54) is 25.7 Å². The smallest absolute Gasteiger partial charge is 0.312 e. The first-order valence-electron chi connectivity index (χ1n) is 20.5. The van der Waals surface area contributed by atoms with Crippen molar-refractivity contribution in [3.63, 3.8) is 0 Å². The van der Waals surface area contributed by atoms with Crippen LogP contribution in [0.25, 0.3) is 0 Å². The molecule has 0 aromatic heterocycles. The van der Waals surface area contributed by atoms with Crippen LogP contribution in [0.15, 0.2) is 0 Å². The van der Waals surface area contributed by atoms with Gasteiger partial charge in [-0.15, -0.1) is 0 Å². The van der Waals surface area contributed by atoms with Crippen LogP contribution in [0, 0.1) is 0 Å². The van der Waals surface area contributed by atoms with Crippen LogP contribution in [0.5, 0.6) is 0 Å². The van der Waals surface area contributed by atoms with E-state index < -0.39 is 73.1 Å². The van der Waals surface area contributed by atoms with Crippen molar-refractivity contribution in [2.75, 3.05) is 33.0 Å². The van der Waals surface area contributed by atoms with Gasteiger partial charge in [0.15, 0.2) is 33.3 Å². The molecule has 0 bridgehead atoms. The Morgan fingerprint density at radius 1 is 0.396 bits per heavy atom. The van der Waals surface area contributed by atoms with Crippen LogP contribution in [0.1, 0.15) is 58.8 Å². The summed E-state index contributed by atoms with van der Waals surface area (Å²) in [7, 11) is -17.0. The van der Waals surface area contributed by atoms with E-state index in [4.69, 9.17) is 34.2 Å². The maximum absolute atomic E-state index is 10.2. The first-order chi connectivity index (χ1) is 23.9. The van der Waals surface area contributed by atoms with Gasteiger partial charge in [0.2, 0.25) is 0 Å². The molecule has 2 N–H and O–H groups in total. The zero-order valence-electron chi connectivity index (χ0n) is 38.0. The van der Waals surface area contributed by atoms with Crippen molar-refractivity contribution in [1.82, 2.24) is 0 Å². The Hall–Kier alpha value is 1.34. The van der Waals surface area contributed by atoms with Crippen molar-refractivity contribution in [2.45, 2.75) is 193 Å². The lowest BCUT2D eigenvalue weighted by Gasteiger charge is -2.41. The van der Waals surface area contributed by atoms with Gasteiger partial charge < -0.3 is 44.4 Å². The van der Waals surface area contributed by atoms with Crippen LogP contribution in [0.4, 0.5) is 0 Å². The fraction of sp³-hybridized carbons (Fsp3) is 1.00. The highest BCUT2D eigenvalue weighted by atomic mass is 28.5. The summed E-state index contributed by atoms with van der Waals surface area (Å²) in [6.45, 7) is 40.5. The Balaban J connectivity index is 4.81. The van der Waals surface area contributed by atoms with Crippen LogP contribution in [0.3, 0.4) is 0 Å². The molecule has 320 valence electrons. The van der Waals surface area contributed by atoms with E-state index in [-0.39, 0.29) is 19.8 Å². The Morgan fingerprint density at radius 2 is 0.717 bits per heavy atom. The predicted molar refractivity (Wildman–Crippen MR) is 243 cm³/mol. The number of rotatable bonds is 32. The molecule has 0 aromatic rings. The Bertz CT molecular complexity index is 935. The van der Waals surface area contributed by atoms with Gasteiger partial charge in [0.05, 0.1) is 19.8 Å². The summed E-state index contributed by atoms with van der Waals surface area (Å²) < 4.78 is 52.5.